The molecular weight excluding hydrogens is 226 g/mol. The third-order valence-electron chi connectivity index (χ3n) is 2.35. The summed E-state index contributed by atoms with van der Waals surface area (Å²) in [5.41, 5.74) is 6.68. The van der Waals surface area contributed by atoms with Crippen LogP contribution in [0.1, 0.15) is 10.5 Å². The van der Waals surface area contributed by atoms with E-state index >= 15 is 0 Å². The zero-order chi connectivity index (χ0) is 11.7. The van der Waals surface area contributed by atoms with Gasteiger partial charge in [0, 0.05) is 29.7 Å². The number of carbonyl (C=O) groups is 1. The monoisotopic (exact) mass is 235 g/mol. The fourth-order valence-corrected chi connectivity index (χ4v) is 1.83. The third-order valence-corrected chi connectivity index (χ3v) is 2.67. The van der Waals surface area contributed by atoms with Gasteiger partial charge in [-0.15, -0.1) is 0 Å². The molecule has 0 saturated carbocycles. The molecule has 5 heteroatoms. The Bertz CT molecular complexity index is 568. The second kappa shape index (κ2) is 3.98. The molecule has 1 aromatic carbocycles. The Labute approximate surface area is 97.4 Å². The van der Waals surface area contributed by atoms with Crippen molar-refractivity contribution in [2.75, 3.05) is 12.8 Å². The van der Waals surface area contributed by atoms with Crippen molar-refractivity contribution in [3.8, 4) is 0 Å². The summed E-state index contributed by atoms with van der Waals surface area (Å²) in [5, 5.41) is 4.31. The number of hydrogen-bond acceptors (Lipinski definition) is 3. The zero-order valence-corrected chi connectivity index (χ0v) is 9.38. The summed E-state index contributed by atoms with van der Waals surface area (Å²) in [6, 6.07) is 5.11. The number of pyridine rings is 1. The number of nitrogens with two attached hydrogens (primary N) is 1. The molecule has 0 aliphatic carbocycles. The average molecular weight is 236 g/mol. The van der Waals surface area contributed by atoms with Crippen molar-refractivity contribution < 1.29 is 4.79 Å². The van der Waals surface area contributed by atoms with Crippen molar-refractivity contribution in [1.82, 2.24) is 10.3 Å². The molecule has 0 fully saturated rings. The smallest absolute Gasteiger partial charge is 0.270 e. The van der Waals surface area contributed by atoms with Crippen LogP contribution in [-0.2, 0) is 0 Å². The Kier molecular flexibility index (Phi) is 2.66. The first kappa shape index (κ1) is 10.7. The minimum absolute atomic E-state index is 0.280. The van der Waals surface area contributed by atoms with E-state index in [1.807, 2.05) is 0 Å². The van der Waals surface area contributed by atoms with Crippen molar-refractivity contribution in [3.05, 3.63) is 35.1 Å². The first-order chi connectivity index (χ1) is 7.65. The standard InChI is InChI=1S/C11H10ClN3O/c1-14-11(16)10-9-6(4-5-15-10)8(13)3-2-7(9)12/h2-5H,13H2,1H3,(H,14,16). The number of halogens is 1. The van der Waals surface area contributed by atoms with Gasteiger partial charge in [0.05, 0.1) is 5.02 Å². The molecule has 2 aromatic rings. The van der Waals surface area contributed by atoms with E-state index in [2.05, 4.69) is 10.3 Å². The molecule has 0 saturated heterocycles. The average Bonchev–Trinajstić information content (AvgIpc) is 2.32. The molecular formula is C11H10ClN3O. The van der Waals surface area contributed by atoms with Gasteiger partial charge in [-0.2, -0.15) is 0 Å². The number of nitrogens with one attached hydrogen (secondary N) is 1. The molecule has 4 nitrogen and oxygen atoms in total. The maximum absolute atomic E-state index is 11.6. The van der Waals surface area contributed by atoms with Crippen LogP contribution >= 0.6 is 11.6 Å². The molecule has 2 rings (SSSR count). The SMILES string of the molecule is CNC(=O)c1nccc2c(N)ccc(Cl)c12. The first-order valence-electron chi connectivity index (χ1n) is 4.70. The highest BCUT2D eigenvalue weighted by atomic mass is 35.5. The van der Waals surface area contributed by atoms with Crippen molar-refractivity contribution in [2.45, 2.75) is 0 Å². The lowest BCUT2D eigenvalue weighted by molar-refractivity contribution is 0.0960. The molecule has 1 aromatic heterocycles. The van der Waals surface area contributed by atoms with E-state index in [4.69, 9.17) is 17.3 Å². The number of fused-ring (bicyclic) bond motifs is 1. The molecule has 0 unspecified atom stereocenters. The fourth-order valence-electron chi connectivity index (χ4n) is 1.57. The Hall–Kier alpha value is -1.81. The normalized spacial score (nSPS) is 10.4. The minimum atomic E-state index is -0.280. The number of aromatic nitrogens is 1. The van der Waals surface area contributed by atoms with Crippen LogP contribution < -0.4 is 11.1 Å². The number of nitrogens with zero attached hydrogens (tertiary/aromatic N) is 1. The third kappa shape index (κ3) is 1.57. The second-order valence-electron chi connectivity index (χ2n) is 3.30. The summed E-state index contributed by atoms with van der Waals surface area (Å²) in [5.74, 6) is -0.280. The van der Waals surface area contributed by atoms with E-state index in [0.29, 0.717) is 16.1 Å². The zero-order valence-electron chi connectivity index (χ0n) is 8.62. The number of benzene rings is 1. The van der Waals surface area contributed by atoms with E-state index in [-0.39, 0.29) is 11.6 Å². The number of rotatable bonds is 1. The number of anilines is 1. The maximum atomic E-state index is 11.6. The van der Waals surface area contributed by atoms with Gasteiger partial charge in [0.1, 0.15) is 5.69 Å². The summed E-state index contributed by atoms with van der Waals surface area (Å²) < 4.78 is 0. The predicted octanol–water partition coefficient (Wildman–Crippen LogP) is 1.83. The van der Waals surface area contributed by atoms with Crippen LogP contribution in [0.15, 0.2) is 24.4 Å². The van der Waals surface area contributed by atoms with Gasteiger partial charge in [0.15, 0.2) is 0 Å². The van der Waals surface area contributed by atoms with E-state index in [9.17, 15) is 4.79 Å². The maximum Gasteiger partial charge on any atom is 0.270 e. The Morgan fingerprint density at radius 1 is 1.44 bits per heavy atom. The van der Waals surface area contributed by atoms with Crippen molar-refractivity contribution in [2.24, 2.45) is 0 Å². The van der Waals surface area contributed by atoms with E-state index in [1.165, 1.54) is 0 Å². The van der Waals surface area contributed by atoms with Gasteiger partial charge in [-0.05, 0) is 18.2 Å². The van der Waals surface area contributed by atoms with Gasteiger partial charge >= 0.3 is 0 Å². The quantitative estimate of drug-likeness (QED) is 0.741. The number of nitrogen functional groups attached to an aromatic ring is 1. The largest absolute Gasteiger partial charge is 0.398 e. The van der Waals surface area contributed by atoms with Crippen molar-refractivity contribution >= 4 is 34.0 Å². The summed E-state index contributed by atoms with van der Waals surface area (Å²) in [6.07, 6.45) is 1.54. The Balaban J connectivity index is 2.86. The Morgan fingerprint density at radius 2 is 2.19 bits per heavy atom. The van der Waals surface area contributed by atoms with Gasteiger partial charge in [-0.1, -0.05) is 11.6 Å². The molecule has 82 valence electrons. The predicted molar refractivity (Wildman–Crippen MR) is 64.6 cm³/mol. The van der Waals surface area contributed by atoms with Crippen LogP contribution in [0.4, 0.5) is 5.69 Å². The van der Waals surface area contributed by atoms with Gasteiger partial charge in [0.25, 0.3) is 5.91 Å². The van der Waals surface area contributed by atoms with Crippen molar-refractivity contribution in [1.29, 1.82) is 0 Å². The molecule has 0 spiro atoms. The van der Waals surface area contributed by atoms with Crippen molar-refractivity contribution in [3.63, 3.8) is 0 Å². The van der Waals surface area contributed by atoms with Crippen LogP contribution in [0, 0.1) is 0 Å². The summed E-state index contributed by atoms with van der Waals surface area (Å²) in [7, 11) is 1.54. The topological polar surface area (TPSA) is 68.0 Å². The summed E-state index contributed by atoms with van der Waals surface area (Å²) in [6.45, 7) is 0. The molecule has 0 aliphatic rings. The summed E-state index contributed by atoms with van der Waals surface area (Å²) in [4.78, 5) is 15.6. The molecule has 0 radical (unpaired) electrons. The lowest BCUT2D eigenvalue weighted by Gasteiger charge is -2.07. The molecule has 16 heavy (non-hydrogen) atoms. The summed E-state index contributed by atoms with van der Waals surface area (Å²) >= 11 is 6.06. The highest BCUT2D eigenvalue weighted by Gasteiger charge is 2.13. The highest BCUT2D eigenvalue weighted by Crippen LogP contribution is 2.29. The van der Waals surface area contributed by atoms with Gasteiger partial charge in [-0.3, -0.25) is 9.78 Å². The molecule has 1 heterocycles. The molecule has 1 amide bonds. The highest BCUT2D eigenvalue weighted by molar-refractivity contribution is 6.37. The van der Waals surface area contributed by atoms with Gasteiger partial charge in [0.2, 0.25) is 0 Å². The fraction of sp³-hybridized carbons (Fsp3) is 0.0909. The molecule has 0 bridgehead atoms. The number of hydrogen-bond donors (Lipinski definition) is 2. The van der Waals surface area contributed by atoms with Gasteiger partial charge in [-0.25, -0.2) is 0 Å². The van der Waals surface area contributed by atoms with Gasteiger partial charge < -0.3 is 11.1 Å². The van der Waals surface area contributed by atoms with E-state index in [0.717, 1.165) is 5.39 Å². The lowest BCUT2D eigenvalue weighted by atomic mass is 10.1. The number of amides is 1. The second-order valence-corrected chi connectivity index (χ2v) is 3.71. The lowest BCUT2D eigenvalue weighted by Crippen LogP contribution is -2.19. The molecule has 0 aliphatic heterocycles. The van der Waals surface area contributed by atoms with Crippen LogP contribution in [0.5, 0.6) is 0 Å². The molecule has 3 N–H and O–H groups in total. The van der Waals surface area contributed by atoms with Crippen LogP contribution in [0.2, 0.25) is 5.02 Å². The molecule has 0 atom stereocenters. The van der Waals surface area contributed by atoms with Crippen LogP contribution in [0.25, 0.3) is 10.8 Å². The van der Waals surface area contributed by atoms with Crippen LogP contribution in [0.3, 0.4) is 0 Å². The first-order valence-corrected chi connectivity index (χ1v) is 5.07. The minimum Gasteiger partial charge on any atom is -0.398 e. The van der Waals surface area contributed by atoms with E-state index in [1.54, 1.807) is 31.4 Å². The van der Waals surface area contributed by atoms with Crippen LogP contribution in [-0.4, -0.2) is 17.9 Å². The van der Waals surface area contributed by atoms with E-state index < -0.39 is 0 Å². The number of carbonyl (C=O) groups excluding carboxylic acids is 1. The Morgan fingerprint density at radius 3 is 2.88 bits per heavy atom.